The summed E-state index contributed by atoms with van der Waals surface area (Å²) in [5, 5.41) is 50.2. The number of ether oxygens (including phenoxy) is 2. The quantitative estimate of drug-likeness (QED) is 0.0147. The maximum Gasteiger partial charge on any atom is 0.472 e. The Morgan fingerprint density at radius 1 is 0.508 bits per heavy atom. The fraction of sp³-hybridized carbons (Fsp3) is 0.938. The minimum atomic E-state index is -5.02. The van der Waals surface area contributed by atoms with Crippen molar-refractivity contribution in [1.29, 1.82) is 0 Å². The van der Waals surface area contributed by atoms with E-state index in [1.807, 2.05) is 0 Å². The zero-order valence-electron chi connectivity index (χ0n) is 38.7. The first kappa shape index (κ1) is 58.1. The van der Waals surface area contributed by atoms with Crippen LogP contribution in [0.2, 0.25) is 0 Å². The van der Waals surface area contributed by atoms with Gasteiger partial charge >= 0.3 is 13.8 Å². The number of phosphoric ester groups is 1. The van der Waals surface area contributed by atoms with Crippen molar-refractivity contribution in [2.24, 2.45) is 0 Å². The Morgan fingerprint density at radius 3 is 1.31 bits per heavy atom. The van der Waals surface area contributed by atoms with E-state index in [2.05, 4.69) is 26.0 Å². The fourth-order valence-corrected chi connectivity index (χ4v) is 8.85. The summed E-state index contributed by atoms with van der Waals surface area (Å²) in [5.74, 6) is -0.474. The van der Waals surface area contributed by atoms with Crippen LogP contribution in [0.25, 0.3) is 0 Å². The monoisotopic (exact) mass is 893 g/mol. The molecule has 1 fully saturated rings. The van der Waals surface area contributed by atoms with Crippen molar-refractivity contribution in [3.8, 4) is 0 Å². The predicted molar refractivity (Wildman–Crippen MR) is 244 cm³/mol. The van der Waals surface area contributed by atoms with Crippen molar-refractivity contribution in [2.75, 3.05) is 19.8 Å². The van der Waals surface area contributed by atoms with Crippen LogP contribution in [0.1, 0.15) is 226 Å². The van der Waals surface area contributed by atoms with Crippen molar-refractivity contribution in [1.82, 2.24) is 0 Å². The predicted octanol–water partition coefficient (Wildman–Crippen LogP) is 10.7. The third-order valence-electron chi connectivity index (χ3n) is 11.9. The summed E-state index contributed by atoms with van der Waals surface area (Å²) >= 11 is 0. The van der Waals surface area contributed by atoms with Crippen LogP contribution in [-0.4, -0.2) is 98.9 Å². The second-order valence-corrected chi connectivity index (χ2v) is 19.1. The molecule has 0 aromatic heterocycles. The molecular formula is C48H93O12P. The summed E-state index contributed by atoms with van der Waals surface area (Å²) in [7, 11) is -5.02. The van der Waals surface area contributed by atoms with Crippen LogP contribution in [0, 0.1) is 0 Å². The Balaban J connectivity index is 2.33. The minimum Gasteiger partial charge on any atom is -0.457 e. The van der Waals surface area contributed by atoms with E-state index >= 15 is 0 Å². The molecular weight excluding hydrogens is 799 g/mol. The maximum atomic E-state index is 12.8. The lowest BCUT2D eigenvalue weighted by atomic mass is 9.85. The second kappa shape index (κ2) is 39.4. The van der Waals surface area contributed by atoms with Gasteiger partial charge in [0.25, 0.3) is 0 Å². The number of unbranched alkanes of at least 4 members (excludes halogenated alkanes) is 29. The molecule has 0 amide bonds. The highest BCUT2D eigenvalue weighted by Crippen LogP contribution is 2.47. The van der Waals surface area contributed by atoms with E-state index in [4.69, 9.17) is 18.5 Å². The number of carbonyl (C=O) groups is 1. The van der Waals surface area contributed by atoms with Crippen molar-refractivity contribution in [3.05, 3.63) is 12.2 Å². The Bertz CT molecular complexity index is 1060. The van der Waals surface area contributed by atoms with Crippen molar-refractivity contribution < 1.29 is 58.3 Å². The Kier molecular flexibility index (Phi) is 37.6. The van der Waals surface area contributed by atoms with Crippen LogP contribution >= 0.6 is 7.82 Å². The number of aliphatic hydroxyl groups excluding tert-OH is 5. The van der Waals surface area contributed by atoms with Gasteiger partial charge in [-0.3, -0.25) is 13.8 Å². The van der Waals surface area contributed by atoms with Gasteiger partial charge in [0, 0.05) is 13.0 Å². The number of esters is 1. The highest BCUT2D eigenvalue weighted by Gasteiger charge is 2.51. The number of aliphatic hydroxyl groups is 5. The molecule has 362 valence electrons. The second-order valence-electron chi connectivity index (χ2n) is 17.7. The average molecular weight is 893 g/mol. The molecule has 6 unspecified atom stereocenters. The van der Waals surface area contributed by atoms with Crippen LogP contribution in [0.3, 0.4) is 0 Å². The molecule has 0 saturated heterocycles. The largest absolute Gasteiger partial charge is 0.472 e. The van der Waals surface area contributed by atoms with Gasteiger partial charge in [-0.25, -0.2) is 4.57 Å². The molecule has 0 bridgehead atoms. The molecule has 1 rings (SSSR count). The summed E-state index contributed by atoms with van der Waals surface area (Å²) < 4.78 is 34.2. The molecule has 0 radical (unpaired) electrons. The number of hydrogen-bond donors (Lipinski definition) is 6. The average Bonchev–Trinajstić information content (AvgIpc) is 3.24. The third kappa shape index (κ3) is 31.6. The molecule has 1 aliphatic carbocycles. The van der Waals surface area contributed by atoms with Gasteiger partial charge in [0.1, 0.15) is 42.7 Å². The van der Waals surface area contributed by atoms with E-state index in [0.717, 1.165) is 51.4 Å². The number of phosphoric acid groups is 1. The van der Waals surface area contributed by atoms with Crippen molar-refractivity contribution in [3.63, 3.8) is 0 Å². The smallest absolute Gasteiger partial charge is 0.457 e. The number of allylic oxidation sites excluding steroid dienone is 2. The molecule has 0 spiro atoms. The molecule has 0 heterocycles. The lowest BCUT2D eigenvalue weighted by Gasteiger charge is -2.41. The van der Waals surface area contributed by atoms with E-state index in [9.17, 15) is 39.8 Å². The van der Waals surface area contributed by atoms with Gasteiger partial charge in [-0.05, 0) is 38.5 Å². The number of hydrogen-bond acceptors (Lipinski definition) is 11. The fourth-order valence-electron chi connectivity index (χ4n) is 7.88. The summed E-state index contributed by atoms with van der Waals surface area (Å²) in [6.45, 7) is 4.27. The van der Waals surface area contributed by atoms with E-state index in [1.165, 1.54) is 148 Å². The first-order chi connectivity index (χ1) is 29.5. The SMILES string of the molecule is CCCCCC/C=C\CCCCCCCCOCC(COP(=O)(O)OC1C(O)C(O)C(O)C(O)C1O)OC(=O)CCCCCCCCCCCCCCCCCCCCCC. The van der Waals surface area contributed by atoms with Gasteiger partial charge in [0.15, 0.2) is 0 Å². The van der Waals surface area contributed by atoms with Crippen LogP contribution in [0.15, 0.2) is 12.2 Å². The van der Waals surface area contributed by atoms with Gasteiger partial charge in [0.05, 0.1) is 13.2 Å². The molecule has 0 aromatic rings. The zero-order chi connectivity index (χ0) is 44.8. The van der Waals surface area contributed by atoms with Crippen LogP contribution < -0.4 is 0 Å². The van der Waals surface area contributed by atoms with E-state index < -0.39 is 63.1 Å². The molecule has 61 heavy (non-hydrogen) atoms. The molecule has 6 N–H and O–H groups in total. The standard InChI is InChI=1S/C48H93O12P/c1-3-5-7-9-11-13-15-17-19-20-21-22-23-24-25-27-29-31-33-35-37-42(49)59-41(39-57-38-36-34-32-30-28-26-18-16-14-12-10-8-6-4-2)40-58-61(55,56)60-48-46(53)44(51)43(50)45(52)47(48)54/h14,16,41,43-48,50-54H,3-13,15,17-40H2,1-2H3,(H,55,56)/b16-14-. The maximum absolute atomic E-state index is 12.8. The lowest BCUT2D eigenvalue weighted by Crippen LogP contribution is -2.64. The zero-order valence-corrected chi connectivity index (χ0v) is 39.6. The molecule has 6 atom stereocenters. The van der Waals surface area contributed by atoms with Crippen molar-refractivity contribution >= 4 is 13.8 Å². The van der Waals surface area contributed by atoms with Crippen LogP contribution in [0.4, 0.5) is 0 Å². The van der Waals surface area contributed by atoms with Crippen molar-refractivity contribution in [2.45, 2.75) is 268 Å². The van der Waals surface area contributed by atoms with Crippen LogP contribution in [0.5, 0.6) is 0 Å². The minimum absolute atomic E-state index is 0.0753. The highest BCUT2D eigenvalue weighted by molar-refractivity contribution is 7.47. The van der Waals surface area contributed by atoms with E-state index in [0.29, 0.717) is 13.0 Å². The Labute approximate surface area is 371 Å². The van der Waals surface area contributed by atoms with Gasteiger partial charge in [0.2, 0.25) is 0 Å². The molecule has 1 saturated carbocycles. The van der Waals surface area contributed by atoms with Crippen LogP contribution in [-0.2, 0) is 27.9 Å². The summed E-state index contributed by atoms with van der Waals surface area (Å²) in [6.07, 6.45) is 31.4. The summed E-state index contributed by atoms with van der Waals surface area (Å²) in [5.41, 5.74) is 0. The lowest BCUT2D eigenvalue weighted by molar-refractivity contribution is -0.220. The Morgan fingerprint density at radius 2 is 0.869 bits per heavy atom. The van der Waals surface area contributed by atoms with Gasteiger partial charge in [-0.2, -0.15) is 0 Å². The number of carbonyl (C=O) groups excluding carboxylic acids is 1. The van der Waals surface area contributed by atoms with Gasteiger partial charge in [-0.15, -0.1) is 0 Å². The van der Waals surface area contributed by atoms with Gasteiger partial charge in [-0.1, -0.05) is 193 Å². The summed E-state index contributed by atoms with van der Waals surface area (Å²) in [6, 6.07) is 0. The molecule has 12 nitrogen and oxygen atoms in total. The normalized spacial score (nSPS) is 22.2. The third-order valence-corrected chi connectivity index (χ3v) is 12.9. The first-order valence-corrected chi connectivity index (χ1v) is 26.5. The highest BCUT2D eigenvalue weighted by atomic mass is 31.2. The molecule has 0 aliphatic heterocycles. The van der Waals surface area contributed by atoms with E-state index in [1.54, 1.807) is 0 Å². The molecule has 13 heteroatoms. The topological polar surface area (TPSA) is 192 Å². The van der Waals surface area contributed by atoms with Gasteiger partial charge < -0.3 is 39.9 Å². The first-order valence-electron chi connectivity index (χ1n) is 25.0. The molecule has 1 aliphatic rings. The number of rotatable bonds is 43. The van der Waals surface area contributed by atoms with E-state index in [-0.39, 0.29) is 13.0 Å². The Hall–Kier alpha value is -0.920. The summed E-state index contributed by atoms with van der Waals surface area (Å²) in [4.78, 5) is 23.2. The molecule has 0 aromatic carbocycles.